The van der Waals surface area contributed by atoms with Crippen LogP contribution < -0.4 is 4.74 Å². The number of hydrogen-bond donors (Lipinski definition) is 2. The number of hydrogen-bond acceptors (Lipinski definition) is 3. The van der Waals surface area contributed by atoms with Crippen molar-refractivity contribution in [3.05, 3.63) is 29.3 Å². The van der Waals surface area contributed by atoms with E-state index in [0.717, 1.165) is 37.7 Å². The van der Waals surface area contributed by atoms with Crippen LogP contribution in [0.4, 0.5) is 0 Å². The molecule has 0 amide bonds. The molecule has 0 heterocycles. The molecule has 1 fully saturated rings. The van der Waals surface area contributed by atoms with Gasteiger partial charge in [-0.1, -0.05) is 30.9 Å². The van der Waals surface area contributed by atoms with Crippen molar-refractivity contribution in [3.63, 3.8) is 0 Å². The Balaban J connectivity index is 2.08. The highest BCUT2D eigenvalue weighted by molar-refractivity contribution is 5.91. The monoisotopic (exact) mass is 264 g/mol. The minimum atomic E-state index is -1.01. The summed E-state index contributed by atoms with van der Waals surface area (Å²) >= 11 is 0. The molecule has 0 bridgehead atoms. The van der Waals surface area contributed by atoms with Crippen LogP contribution >= 0.6 is 0 Å². The lowest BCUT2D eigenvalue weighted by atomic mass is 9.85. The summed E-state index contributed by atoms with van der Waals surface area (Å²) in [6.45, 7) is 2.00. The highest BCUT2D eigenvalue weighted by Gasteiger charge is 2.30. The summed E-state index contributed by atoms with van der Waals surface area (Å²) in [6.07, 6.45) is 4.59. The smallest absolute Gasteiger partial charge is 0.339 e. The second-order valence-corrected chi connectivity index (χ2v) is 5.38. The van der Waals surface area contributed by atoms with Crippen LogP contribution in [0, 0.1) is 6.92 Å². The van der Waals surface area contributed by atoms with Crippen LogP contribution in [0.3, 0.4) is 0 Å². The number of carbonyl (C=O) groups is 1. The number of carboxylic acid groups (broad SMARTS) is 1. The van der Waals surface area contributed by atoms with Gasteiger partial charge in [0.2, 0.25) is 0 Å². The average molecular weight is 264 g/mol. The van der Waals surface area contributed by atoms with E-state index < -0.39 is 11.6 Å². The molecule has 0 aliphatic heterocycles. The van der Waals surface area contributed by atoms with Gasteiger partial charge in [-0.3, -0.25) is 0 Å². The highest BCUT2D eigenvalue weighted by atomic mass is 16.5. The third kappa shape index (κ3) is 3.47. The summed E-state index contributed by atoms with van der Waals surface area (Å²) in [5.41, 5.74) is 0.222. The molecular formula is C15H20O4. The number of aryl methyl sites for hydroxylation is 1. The van der Waals surface area contributed by atoms with Crippen molar-refractivity contribution >= 4 is 5.97 Å². The summed E-state index contributed by atoms with van der Waals surface area (Å²) in [5.74, 6) is -0.675. The molecule has 1 aromatic rings. The van der Waals surface area contributed by atoms with Gasteiger partial charge in [0.05, 0.1) is 5.60 Å². The largest absolute Gasteiger partial charge is 0.490 e. The van der Waals surface area contributed by atoms with Crippen LogP contribution in [0.5, 0.6) is 5.75 Å². The maximum atomic E-state index is 11.2. The fourth-order valence-electron chi connectivity index (χ4n) is 2.50. The maximum Gasteiger partial charge on any atom is 0.339 e. The fourth-order valence-corrected chi connectivity index (χ4v) is 2.50. The Hall–Kier alpha value is -1.55. The number of aromatic carboxylic acids is 1. The minimum absolute atomic E-state index is 0.152. The highest BCUT2D eigenvalue weighted by Crippen LogP contribution is 2.29. The third-order valence-electron chi connectivity index (χ3n) is 3.65. The predicted molar refractivity (Wildman–Crippen MR) is 71.7 cm³/mol. The van der Waals surface area contributed by atoms with Crippen LogP contribution in [0.1, 0.15) is 48.0 Å². The first-order valence-corrected chi connectivity index (χ1v) is 6.69. The van der Waals surface area contributed by atoms with E-state index in [1.54, 1.807) is 12.1 Å². The zero-order valence-electron chi connectivity index (χ0n) is 11.2. The lowest BCUT2D eigenvalue weighted by molar-refractivity contribution is -0.0341. The van der Waals surface area contributed by atoms with E-state index in [2.05, 4.69) is 0 Å². The van der Waals surface area contributed by atoms with Gasteiger partial charge in [0.1, 0.15) is 17.9 Å². The van der Waals surface area contributed by atoms with Crippen LogP contribution in [-0.2, 0) is 0 Å². The first-order chi connectivity index (χ1) is 9.00. The summed E-state index contributed by atoms with van der Waals surface area (Å²) in [7, 11) is 0. The quantitative estimate of drug-likeness (QED) is 0.877. The van der Waals surface area contributed by atoms with Crippen molar-refractivity contribution in [1.82, 2.24) is 0 Å². The second-order valence-electron chi connectivity index (χ2n) is 5.38. The van der Waals surface area contributed by atoms with Gasteiger partial charge < -0.3 is 14.9 Å². The molecule has 0 saturated heterocycles. The Kier molecular flexibility index (Phi) is 4.10. The topological polar surface area (TPSA) is 66.8 Å². The zero-order valence-corrected chi connectivity index (χ0v) is 11.2. The minimum Gasteiger partial charge on any atom is -0.490 e. The van der Waals surface area contributed by atoms with Crippen LogP contribution in [0.25, 0.3) is 0 Å². The standard InChI is InChI=1S/C15H20O4/c1-11-5-6-13(12(9-11)14(16)17)19-10-15(18)7-3-2-4-8-15/h5-6,9,18H,2-4,7-8,10H2,1H3,(H,16,17). The number of rotatable bonds is 4. The summed E-state index contributed by atoms with van der Waals surface area (Å²) in [5, 5.41) is 19.5. The molecule has 104 valence electrons. The van der Waals surface area contributed by atoms with E-state index >= 15 is 0 Å². The van der Waals surface area contributed by atoms with Crippen molar-refractivity contribution < 1.29 is 19.7 Å². The fraction of sp³-hybridized carbons (Fsp3) is 0.533. The molecule has 0 aromatic heterocycles. The lowest BCUT2D eigenvalue weighted by Gasteiger charge is -2.31. The molecule has 0 spiro atoms. The van der Waals surface area contributed by atoms with E-state index in [0.29, 0.717) is 5.75 Å². The van der Waals surface area contributed by atoms with E-state index in [1.807, 2.05) is 13.0 Å². The van der Waals surface area contributed by atoms with Gasteiger partial charge in [0.15, 0.2) is 0 Å². The molecule has 19 heavy (non-hydrogen) atoms. The SMILES string of the molecule is Cc1ccc(OCC2(O)CCCCC2)c(C(=O)O)c1. The Morgan fingerprint density at radius 1 is 1.32 bits per heavy atom. The molecule has 0 atom stereocenters. The average Bonchev–Trinajstić information content (AvgIpc) is 2.38. The maximum absolute atomic E-state index is 11.2. The van der Waals surface area contributed by atoms with Crippen LogP contribution in [-0.4, -0.2) is 28.4 Å². The summed E-state index contributed by atoms with van der Waals surface area (Å²) in [4.78, 5) is 11.2. The van der Waals surface area contributed by atoms with E-state index in [-0.39, 0.29) is 12.2 Å². The normalized spacial score (nSPS) is 18.0. The molecule has 1 saturated carbocycles. The lowest BCUT2D eigenvalue weighted by Crippen LogP contribution is -2.38. The first-order valence-electron chi connectivity index (χ1n) is 6.69. The van der Waals surface area contributed by atoms with Gasteiger partial charge >= 0.3 is 5.97 Å². The molecule has 2 rings (SSSR count). The van der Waals surface area contributed by atoms with Crippen LogP contribution in [0.15, 0.2) is 18.2 Å². The van der Waals surface area contributed by atoms with Gasteiger partial charge in [-0.25, -0.2) is 4.79 Å². The van der Waals surface area contributed by atoms with Gasteiger partial charge in [0.25, 0.3) is 0 Å². The van der Waals surface area contributed by atoms with Gasteiger partial charge in [0, 0.05) is 0 Å². The van der Waals surface area contributed by atoms with Crippen molar-refractivity contribution in [1.29, 1.82) is 0 Å². The van der Waals surface area contributed by atoms with Crippen molar-refractivity contribution in [2.45, 2.75) is 44.6 Å². The van der Waals surface area contributed by atoms with Gasteiger partial charge in [-0.15, -0.1) is 0 Å². The van der Waals surface area contributed by atoms with Crippen LogP contribution in [0.2, 0.25) is 0 Å². The molecule has 1 aromatic carbocycles. The number of carboxylic acids is 1. The molecular weight excluding hydrogens is 244 g/mol. The molecule has 4 heteroatoms. The van der Waals surface area contributed by atoms with E-state index in [4.69, 9.17) is 9.84 Å². The first kappa shape index (κ1) is 13.9. The zero-order chi connectivity index (χ0) is 13.9. The molecule has 0 unspecified atom stereocenters. The Labute approximate surface area is 113 Å². The van der Waals surface area contributed by atoms with Crippen molar-refractivity contribution in [3.8, 4) is 5.75 Å². The molecule has 4 nitrogen and oxygen atoms in total. The summed E-state index contributed by atoms with van der Waals surface area (Å²) in [6, 6.07) is 5.06. The van der Waals surface area contributed by atoms with Gasteiger partial charge in [-0.2, -0.15) is 0 Å². The van der Waals surface area contributed by atoms with E-state index in [9.17, 15) is 9.90 Å². The Morgan fingerprint density at radius 3 is 2.63 bits per heavy atom. The second kappa shape index (κ2) is 5.61. The number of benzene rings is 1. The third-order valence-corrected chi connectivity index (χ3v) is 3.65. The molecule has 1 aliphatic carbocycles. The molecule has 0 radical (unpaired) electrons. The number of ether oxygens (including phenoxy) is 1. The molecule has 2 N–H and O–H groups in total. The predicted octanol–water partition coefficient (Wildman–Crippen LogP) is 2.77. The van der Waals surface area contributed by atoms with Crippen molar-refractivity contribution in [2.24, 2.45) is 0 Å². The number of aliphatic hydroxyl groups is 1. The summed E-state index contributed by atoms with van der Waals surface area (Å²) < 4.78 is 5.57. The molecule has 1 aliphatic rings. The Morgan fingerprint density at radius 2 is 2.00 bits per heavy atom. The van der Waals surface area contributed by atoms with Gasteiger partial charge in [-0.05, 0) is 31.9 Å². The Bertz CT molecular complexity index is 461. The van der Waals surface area contributed by atoms with Crippen molar-refractivity contribution in [2.75, 3.05) is 6.61 Å². The van der Waals surface area contributed by atoms with E-state index in [1.165, 1.54) is 0 Å².